The van der Waals surface area contributed by atoms with E-state index >= 15 is 0 Å². The van der Waals surface area contributed by atoms with Gasteiger partial charge in [-0.1, -0.05) is 35.5 Å². The summed E-state index contributed by atoms with van der Waals surface area (Å²) in [6.45, 7) is 0. The molecule has 1 N–H and O–H groups in total. The zero-order valence-corrected chi connectivity index (χ0v) is 12.2. The molecule has 0 unspecified atom stereocenters. The summed E-state index contributed by atoms with van der Waals surface area (Å²) in [5.74, 6) is -0.985. The molecular weight excluding hydrogens is 314 g/mol. The summed E-state index contributed by atoms with van der Waals surface area (Å²) >= 11 is 7.03. The first-order valence-corrected chi connectivity index (χ1v) is 7.08. The number of nitro benzene ring substituents is 1. The molecule has 0 aliphatic carbocycles. The van der Waals surface area contributed by atoms with Crippen molar-refractivity contribution in [2.75, 3.05) is 0 Å². The van der Waals surface area contributed by atoms with Crippen molar-refractivity contribution in [2.24, 2.45) is 0 Å². The van der Waals surface area contributed by atoms with Crippen LogP contribution in [0.3, 0.4) is 0 Å². The molecular formula is C14H10ClNO4S. The van der Waals surface area contributed by atoms with Crippen LogP contribution in [0.1, 0.15) is 5.56 Å². The number of halogens is 1. The summed E-state index contributed by atoms with van der Waals surface area (Å²) in [7, 11) is 0. The highest BCUT2D eigenvalue weighted by Gasteiger charge is 2.16. The molecule has 0 aliphatic rings. The van der Waals surface area contributed by atoms with Crippen LogP contribution in [0.4, 0.5) is 5.69 Å². The van der Waals surface area contributed by atoms with Crippen molar-refractivity contribution >= 4 is 35.0 Å². The third-order valence-corrected chi connectivity index (χ3v) is 4.06. The van der Waals surface area contributed by atoms with Gasteiger partial charge in [-0.15, -0.1) is 0 Å². The Morgan fingerprint density at radius 1 is 1.24 bits per heavy atom. The molecule has 0 spiro atoms. The second-order valence-corrected chi connectivity index (χ2v) is 5.67. The molecule has 21 heavy (non-hydrogen) atoms. The predicted octanol–water partition coefficient (Wildman–Crippen LogP) is 4.03. The molecule has 0 amide bonds. The highest BCUT2D eigenvalue weighted by atomic mass is 35.5. The minimum absolute atomic E-state index is 0.0151. The van der Waals surface area contributed by atoms with Crippen molar-refractivity contribution in [3.63, 3.8) is 0 Å². The number of benzene rings is 2. The molecule has 0 aliphatic heterocycles. The van der Waals surface area contributed by atoms with E-state index in [1.807, 2.05) is 0 Å². The first-order chi connectivity index (χ1) is 9.97. The summed E-state index contributed by atoms with van der Waals surface area (Å²) in [5.41, 5.74) is 0.511. The van der Waals surface area contributed by atoms with Gasteiger partial charge >= 0.3 is 5.97 Å². The Morgan fingerprint density at radius 2 is 1.95 bits per heavy atom. The van der Waals surface area contributed by atoms with Crippen molar-refractivity contribution in [3.05, 3.63) is 63.2 Å². The van der Waals surface area contributed by atoms with Gasteiger partial charge in [0, 0.05) is 16.0 Å². The lowest BCUT2D eigenvalue weighted by Gasteiger charge is -2.08. The average Bonchev–Trinajstić information content (AvgIpc) is 2.41. The molecule has 0 aromatic heterocycles. The van der Waals surface area contributed by atoms with Gasteiger partial charge in [-0.25, -0.2) is 0 Å². The monoisotopic (exact) mass is 323 g/mol. The van der Waals surface area contributed by atoms with Crippen LogP contribution in [0.25, 0.3) is 0 Å². The smallest absolute Gasteiger partial charge is 0.307 e. The molecule has 0 heterocycles. The highest BCUT2D eigenvalue weighted by molar-refractivity contribution is 7.99. The van der Waals surface area contributed by atoms with E-state index in [4.69, 9.17) is 16.7 Å². The number of carbonyl (C=O) groups is 1. The maximum Gasteiger partial charge on any atom is 0.307 e. The number of para-hydroxylation sites is 1. The van der Waals surface area contributed by atoms with E-state index in [9.17, 15) is 14.9 Å². The van der Waals surface area contributed by atoms with Crippen LogP contribution in [-0.4, -0.2) is 16.0 Å². The lowest BCUT2D eigenvalue weighted by atomic mass is 10.1. The Balaban J connectivity index is 2.40. The molecule has 0 bridgehead atoms. The molecule has 5 nitrogen and oxygen atoms in total. The Labute approximate surface area is 129 Å². The van der Waals surface area contributed by atoms with Gasteiger partial charge in [0.05, 0.1) is 16.2 Å². The van der Waals surface area contributed by atoms with Crippen LogP contribution in [-0.2, 0) is 11.2 Å². The summed E-state index contributed by atoms with van der Waals surface area (Å²) in [5, 5.41) is 20.4. The number of rotatable bonds is 5. The van der Waals surface area contributed by atoms with Gasteiger partial charge in [0.15, 0.2) is 0 Å². The fraction of sp³-hybridized carbons (Fsp3) is 0.0714. The number of hydrogen-bond acceptors (Lipinski definition) is 4. The molecule has 0 saturated heterocycles. The van der Waals surface area contributed by atoms with Gasteiger partial charge in [0.1, 0.15) is 0 Å². The van der Waals surface area contributed by atoms with Crippen LogP contribution >= 0.6 is 23.4 Å². The van der Waals surface area contributed by atoms with Gasteiger partial charge in [-0.2, -0.15) is 0 Å². The van der Waals surface area contributed by atoms with E-state index < -0.39 is 10.9 Å². The van der Waals surface area contributed by atoms with E-state index in [0.717, 1.165) is 11.8 Å². The summed E-state index contributed by atoms with van der Waals surface area (Å²) < 4.78 is 0. The fourth-order valence-corrected chi connectivity index (χ4v) is 2.99. The van der Waals surface area contributed by atoms with E-state index in [1.165, 1.54) is 6.07 Å². The molecule has 0 fully saturated rings. The first kappa shape index (κ1) is 15.3. The van der Waals surface area contributed by atoms with Gasteiger partial charge in [-0.05, 0) is 29.8 Å². The van der Waals surface area contributed by atoms with Gasteiger partial charge in [0.25, 0.3) is 5.69 Å². The van der Waals surface area contributed by atoms with Crippen LogP contribution in [0, 0.1) is 10.1 Å². The van der Waals surface area contributed by atoms with Crippen molar-refractivity contribution in [1.29, 1.82) is 0 Å². The fourth-order valence-electron chi connectivity index (χ4n) is 1.76. The zero-order chi connectivity index (χ0) is 15.4. The quantitative estimate of drug-likeness (QED) is 0.663. The minimum atomic E-state index is -0.985. The maximum absolute atomic E-state index is 11.0. The lowest BCUT2D eigenvalue weighted by Crippen LogP contribution is -2.01. The number of nitrogens with zero attached hydrogens (tertiary/aromatic N) is 1. The normalized spacial score (nSPS) is 10.3. The van der Waals surface area contributed by atoms with Gasteiger partial charge in [-0.3, -0.25) is 14.9 Å². The molecule has 7 heteroatoms. The largest absolute Gasteiger partial charge is 0.481 e. The number of nitro groups is 1. The minimum Gasteiger partial charge on any atom is -0.481 e. The Hall–Kier alpha value is -2.05. The van der Waals surface area contributed by atoms with Crippen LogP contribution in [0.2, 0.25) is 5.02 Å². The van der Waals surface area contributed by atoms with E-state index in [-0.39, 0.29) is 12.1 Å². The topological polar surface area (TPSA) is 80.4 Å². The molecule has 0 atom stereocenters. The molecule has 2 aromatic carbocycles. The van der Waals surface area contributed by atoms with Gasteiger partial charge < -0.3 is 5.11 Å². The zero-order valence-electron chi connectivity index (χ0n) is 10.7. The molecule has 2 rings (SSSR count). The van der Waals surface area contributed by atoms with E-state index in [0.29, 0.717) is 20.4 Å². The standard InChI is InChI=1S/C14H10ClNO4S/c15-10-5-6-12(9(7-10)8-14(17)18)21-13-4-2-1-3-11(13)16(19)20/h1-7H,8H2,(H,17,18). The Morgan fingerprint density at radius 3 is 2.62 bits per heavy atom. The summed E-state index contributed by atoms with van der Waals surface area (Å²) in [4.78, 5) is 22.5. The highest BCUT2D eigenvalue weighted by Crippen LogP contribution is 2.37. The van der Waals surface area contributed by atoms with Crippen LogP contribution in [0.15, 0.2) is 52.3 Å². The van der Waals surface area contributed by atoms with Crippen molar-refractivity contribution in [3.8, 4) is 0 Å². The van der Waals surface area contributed by atoms with Crippen molar-refractivity contribution in [2.45, 2.75) is 16.2 Å². The Bertz CT molecular complexity index is 705. The molecule has 0 saturated carbocycles. The SMILES string of the molecule is O=C(O)Cc1cc(Cl)ccc1Sc1ccccc1[N+](=O)[O-]. The summed E-state index contributed by atoms with van der Waals surface area (Å²) in [6.07, 6.45) is -0.191. The van der Waals surface area contributed by atoms with E-state index in [2.05, 4.69) is 0 Å². The number of carboxylic acid groups (broad SMARTS) is 1. The van der Waals surface area contributed by atoms with Crippen molar-refractivity contribution < 1.29 is 14.8 Å². The third kappa shape index (κ3) is 3.96. The van der Waals surface area contributed by atoms with E-state index in [1.54, 1.807) is 36.4 Å². The van der Waals surface area contributed by atoms with Crippen LogP contribution < -0.4 is 0 Å². The molecule has 108 valence electrons. The first-order valence-electron chi connectivity index (χ1n) is 5.89. The Kier molecular flexibility index (Phi) is 4.82. The summed E-state index contributed by atoms with van der Waals surface area (Å²) in [6, 6.07) is 11.2. The van der Waals surface area contributed by atoms with Gasteiger partial charge in [0.2, 0.25) is 0 Å². The predicted molar refractivity (Wildman–Crippen MR) is 80.0 cm³/mol. The second kappa shape index (κ2) is 6.60. The second-order valence-electron chi connectivity index (χ2n) is 4.15. The van der Waals surface area contributed by atoms with Crippen molar-refractivity contribution in [1.82, 2.24) is 0 Å². The molecule has 2 aromatic rings. The lowest BCUT2D eigenvalue weighted by molar-refractivity contribution is -0.387. The number of hydrogen-bond donors (Lipinski definition) is 1. The van der Waals surface area contributed by atoms with Crippen LogP contribution in [0.5, 0.6) is 0 Å². The number of aliphatic carboxylic acids is 1. The number of carboxylic acids is 1. The average molecular weight is 324 g/mol. The maximum atomic E-state index is 11.0. The molecule has 0 radical (unpaired) electrons. The third-order valence-electron chi connectivity index (χ3n) is 2.65.